The Labute approximate surface area is 123 Å². The molecule has 3 nitrogen and oxygen atoms in total. The van der Waals surface area contributed by atoms with Gasteiger partial charge in [-0.2, -0.15) is 0 Å². The molecule has 4 heteroatoms. The Morgan fingerprint density at radius 1 is 1.30 bits per heavy atom. The van der Waals surface area contributed by atoms with E-state index >= 15 is 0 Å². The summed E-state index contributed by atoms with van der Waals surface area (Å²) in [5.41, 5.74) is 3.14. The zero-order chi connectivity index (χ0) is 14.2. The first-order valence-electron chi connectivity index (χ1n) is 6.39. The van der Waals surface area contributed by atoms with Crippen molar-refractivity contribution in [1.82, 2.24) is 9.97 Å². The van der Waals surface area contributed by atoms with Gasteiger partial charge in [0.05, 0.1) is 6.61 Å². The molecule has 0 aliphatic heterocycles. The summed E-state index contributed by atoms with van der Waals surface area (Å²) in [5, 5.41) is 9.51. The summed E-state index contributed by atoms with van der Waals surface area (Å²) < 4.78 is 0. The van der Waals surface area contributed by atoms with E-state index in [0.29, 0.717) is 6.42 Å². The smallest absolute Gasteiger partial charge is 0.188 e. The number of hydrogen-bond acceptors (Lipinski definition) is 4. The van der Waals surface area contributed by atoms with Crippen molar-refractivity contribution in [2.45, 2.75) is 24.3 Å². The maximum atomic E-state index is 8.71. The van der Waals surface area contributed by atoms with Gasteiger partial charge < -0.3 is 5.11 Å². The molecule has 2 aromatic rings. The number of aromatic nitrogens is 2. The van der Waals surface area contributed by atoms with E-state index in [2.05, 4.69) is 33.9 Å². The second-order valence-electron chi connectivity index (χ2n) is 4.25. The van der Waals surface area contributed by atoms with Gasteiger partial charge in [-0.15, -0.1) is 0 Å². The lowest BCUT2D eigenvalue weighted by molar-refractivity contribution is 0.305. The van der Waals surface area contributed by atoms with Gasteiger partial charge >= 0.3 is 0 Å². The molecule has 0 saturated carbocycles. The van der Waals surface area contributed by atoms with Gasteiger partial charge in [0, 0.05) is 29.6 Å². The van der Waals surface area contributed by atoms with Gasteiger partial charge in [-0.05, 0) is 30.7 Å². The third-order valence-electron chi connectivity index (χ3n) is 2.54. The summed E-state index contributed by atoms with van der Waals surface area (Å²) in [4.78, 5) is 8.60. The molecule has 20 heavy (non-hydrogen) atoms. The Morgan fingerprint density at radius 3 is 3.00 bits per heavy atom. The quantitative estimate of drug-likeness (QED) is 0.533. The van der Waals surface area contributed by atoms with Gasteiger partial charge in [0.15, 0.2) is 5.16 Å². The van der Waals surface area contributed by atoms with Gasteiger partial charge in [-0.25, -0.2) is 9.97 Å². The van der Waals surface area contributed by atoms with Crippen LogP contribution in [-0.2, 0) is 5.75 Å². The van der Waals surface area contributed by atoms with Crippen molar-refractivity contribution in [1.29, 1.82) is 0 Å². The summed E-state index contributed by atoms with van der Waals surface area (Å²) in [6.45, 7) is 2.07. The van der Waals surface area contributed by atoms with E-state index in [1.807, 2.05) is 25.1 Å². The summed E-state index contributed by atoms with van der Waals surface area (Å²) in [5.74, 6) is 6.79. The number of aliphatic hydroxyl groups is 1. The topological polar surface area (TPSA) is 46.0 Å². The Bertz CT molecular complexity index is 632. The van der Waals surface area contributed by atoms with E-state index in [1.165, 1.54) is 5.56 Å². The molecular weight excluding hydrogens is 268 g/mol. The van der Waals surface area contributed by atoms with Crippen LogP contribution in [0.4, 0.5) is 0 Å². The number of thioether (sulfide) groups is 1. The molecule has 2 rings (SSSR count). The van der Waals surface area contributed by atoms with Crippen LogP contribution in [0.15, 0.2) is 41.7 Å². The molecule has 1 aromatic carbocycles. The zero-order valence-corrected chi connectivity index (χ0v) is 12.2. The Hall–Kier alpha value is -1.83. The van der Waals surface area contributed by atoms with Crippen LogP contribution in [0.5, 0.6) is 0 Å². The maximum Gasteiger partial charge on any atom is 0.188 e. The van der Waals surface area contributed by atoms with E-state index in [4.69, 9.17) is 5.11 Å². The van der Waals surface area contributed by atoms with Crippen LogP contribution in [0.2, 0.25) is 0 Å². The fraction of sp³-hybridized carbons (Fsp3) is 0.250. The van der Waals surface area contributed by atoms with E-state index < -0.39 is 0 Å². The molecule has 1 aromatic heterocycles. The molecule has 0 amide bonds. The van der Waals surface area contributed by atoms with Crippen LogP contribution < -0.4 is 0 Å². The lowest BCUT2D eigenvalue weighted by atomic mass is 10.1. The normalized spacial score (nSPS) is 9.90. The van der Waals surface area contributed by atoms with Crippen molar-refractivity contribution in [3.8, 4) is 11.8 Å². The highest BCUT2D eigenvalue weighted by molar-refractivity contribution is 7.98. The number of hydrogen-bond donors (Lipinski definition) is 1. The molecular formula is C16H16N2OS. The Morgan fingerprint density at radius 2 is 2.20 bits per heavy atom. The first-order valence-corrected chi connectivity index (χ1v) is 7.37. The van der Waals surface area contributed by atoms with Gasteiger partial charge in [-0.3, -0.25) is 0 Å². The Balaban J connectivity index is 2.00. The standard InChI is InChI=1S/C16H16N2OS/c1-13-8-9-17-16(18-13)20-12-15-7-4-6-14(11-15)5-2-3-10-19/h4,6-9,11,19H,3,10,12H2,1H3. The predicted molar refractivity (Wildman–Crippen MR) is 81.4 cm³/mol. The average molecular weight is 284 g/mol. The second kappa shape index (κ2) is 7.68. The van der Waals surface area contributed by atoms with Crippen LogP contribution in [0.3, 0.4) is 0 Å². The SMILES string of the molecule is Cc1ccnc(SCc2cccc(C#CCCO)c2)n1. The summed E-state index contributed by atoms with van der Waals surface area (Å²) in [7, 11) is 0. The van der Waals surface area contributed by atoms with Crippen LogP contribution >= 0.6 is 11.8 Å². The first kappa shape index (κ1) is 14.6. The second-order valence-corrected chi connectivity index (χ2v) is 5.19. The fourth-order valence-corrected chi connectivity index (χ4v) is 2.42. The third kappa shape index (κ3) is 4.69. The monoisotopic (exact) mass is 284 g/mol. The Kier molecular flexibility index (Phi) is 5.60. The van der Waals surface area contributed by atoms with Gasteiger partial charge in [0.1, 0.15) is 0 Å². The molecule has 1 heterocycles. The highest BCUT2D eigenvalue weighted by Gasteiger charge is 2.00. The van der Waals surface area contributed by atoms with Crippen molar-refractivity contribution in [2.75, 3.05) is 6.61 Å². The van der Waals surface area contributed by atoms with Crippen molar-refractivity contribution in [3.63, 3.8) is 0 Å². The van der Waals surface area contributed by atoms with Gasteiger partial charge in [-0.1, -0.05) is 35.7 Å². The number of aliphatic hydroxyl groups excluding tert-OH is 1. The van der Waals surface area contributed by atoms with Crippen LogP contribution in [0, 0.1) is 18.8 Å². The van der Waals surface area contributed by atoms with E-state index in [1.54, 1.807) is 18.0 Å². The number of nitrogens with zero attached hydrogens (tertiary/aromatic N) is 2. The molecule has 0 bridgehead atoms. The molecule has 0 saturated heterocycles. The molecule has 0 atom stereocenters. The lowest BCUT2D eigenvalue weighted by Crippen LogP contribution is -1.89. The predicted octanol–water partition coefficient (Wildman–Crippen LogP) is 2.81. The molecule has 0 radical (unpaired) electrons. The van der Waals surface area contributed by atoms with Crippen molar-refractivity contribution in [3.05, 3.63) is 53.3 Å². The lowest BCUT2D eigenvalue weighted by Gasteiger charge is -2.02. The van der Waals surface area contributed by atoms with Crippen LogP contribution in [0.1, 0.15) is 23.2 Å². The zero-order valence-electron chi connectivity index (χ0n) is 11.3. The van der Waals surface area contributed by atoms with E-state index in [0.717, 1.165) is 22.2 Å². The molecule has 102 valence electrons. The molecule has 0 aliphatic carbocycles. The minimum Gasteiger partial charge on any atom is -0.395 e. The van der Waals surface area contributed by atoms with Crippen molar-refractivity contribution in [2.24, 2.45) is 0 Å². The number of rotatable bonds is 4. The van der Waals surface area contributed by atoms with Crippen molar-refractivity contribution >= 4 is 11.8 Å². The third-order valence-corrected chi connectivity index (χ3v) is 3.47. The highest BCUT2D eigenvalue weighted by Crippen LogP contribution is 2.19. The average Bonchev–Trinajstić information content (AvgIpc) is 2.46. The van der Waals surface area contributed by atoms with Gasteiger partial charge in [0.25, 0.3) is 0 Å². The molecule has 1 N–H and O–H groups in total. The van der Waals surface area contributed by atoms with E-state index in [-0.39, 0.29) is 6.61 Å². The number of benzene rings is 1. The first-order chi connectivity index (χ1) is 9.78. The van der Waals surface area contributed by atoms with Gasteiger partial charge in [0.2, 0.25) is 0 Å². The summed E-state index contributed by atoms with van der Waals surface area (Å²) in [6.07, 6.45) is 2.29. The van der Waals surface area contributed by atoms with Crippen LogP contribution in [-0.4, -0.2) is 21.7 Å². The van der Waals surface area contributed by atoms with Crippen molar-refractivity contribution < 1.29 is 5.11 Å². The van der Waals surface area contributed by atoms with Crippen LogP contribution in [0.25, 0.3) is 0 Å². The highest BCUT2D eigenvalue weighted by atomic mass is 32.2. The molecule has 0 aliphatic rings. The summed E-state index contributed by atoms with van der Waals surface area (Å²) in [6, 6.07) is 9.99. The minimum absolute atomic E-state index is 0.104. The molecule has 0 unspecified atom stereocenters. The molecule has 0 fully saturated rings. The minimum atomic E-state index is 0.104. The largest absolute Gasteiger partial charge is 0.395 e. The maximum absolute atomic E-state index is 8.71. The fourth-order valence-electron chi connectivity index (χ4n) is 1.60. The molecule has 0 spiro atoms. The number of aryl methyl sites for hydroxylation is 1. The van der Waals surface area contributed by atoms with E-state index in [9.17, 15) is 0 Å². The summed E-state index contributed by atoms with van der Waals surface area (Å²) >= 11 is 1.61.